The minimum Gasteiger partial charge on any atom is -0.508 e. The summed E-state index contributed by atoms with van der Waals surface area (Å²) >= 11 is 0. The van der Waals surface area contributed by atoms with Crippen LogP contribution in [0.1, 0.15) is 107 Å². The molecule has 290 valence electrons. The number of carbonyl (C=O) groups excluding carboxylic acids is 5. The Labute approximate surface area is 321 Å². The van der Waals surface area contributed by atoms with Crippen LogP contribution >= 0.6 is 0 Å². The number of unbranched alkanes of at least 4 members (excludes halogenated alkanes) is 2. The Balaban J connectivity index is 0.812. The molecule has 0 aromatic heterocycles. The number of aromatic hydroxyl groups is 2. The van der Waals surface area contributed by atoms with Gasteiger partial charge in [0.2, 0.25) is 17.7 Å². The van der Waals surface area contributed by atoms with E-state index in [1.807, 2.05) is 30.9 Å². The molecule has 3 aromatic rings. The fourth-order valence-electron chi connectivity index (χ4n) is 8.21. The number of phenolic OH excluding ortho intramolecular Hbond substituents is 2. The summed E-state index contributed by atoms with van der Waals surface area (Å²) in [6.45, 7) is 9.55. The van der Waals surface area contributed by atoms with Crippen molar-refractivity contribution in [2.75, 3.05) is 38.0 Å². The van der Waals surface area contributed by atoms with E-state index in [1.54, 1.807) is 21.9 Å². The van der Waals surface area contributed by atoms with Crippen molar-refractivity contribution in [2.24, 2.45) is 0 Å². The fraction of sp³-hybridized carbons (Fsp3) is 0.452. The zero-order chi connectivity index (χ0) is 38.8. The number of benzene rings is 3. The Morgan fingerprint density at radius 1 is 0.873 bits per heavy atom. The second-order valence-corrected chi connectivity index (χ2v) is 15.5. The minimum atomic E-state index is -0.641. The van der Waals surface area contributed by atoms with E-state index in [1.165, 1.54) is 6.07 Å². The van der Waals surface area contributed by atoms with Crippen LogP contribution in [-0.4, -0.2) is 98.1 Å². The highest BCUT2D eigenvalue weighted by atomic mass is 16.3. The Kier molecular flexibility index (Phi) is 11.1. The summed E-state index contributed by atoms with van der Waals surface area (Å²) in [5, 5.41) is 26.5. The van der Waals surface area contributed by atoms with Gasteiger partial charge in [-0.25, -0.2) is 0 Å². The molecule has 0 saturated carbocycles. The highest BCUT2D eigenvalue weighted by Gasteiger charge is 2.40. The number of imide groups is 1. The first-order chi connectivity index (χ1) is 26.5. The molecule has 5 amide bonds. The lowest BCUT2D eigenvalue weighted by Crippen LogP contribution is -2.52. The molecule has 55 heavy (non-hydrogen) atoms. The number of fused-ring (bicyclic) bond motifs is 2. The highest BCUT2D eigenvalue weighted by molar-refractivity contribution is 6.06. The summed E-state index contributed by atoms with van der Waals surface area (Å²) in [5.41, 5.74) is 6.50. The first kappa shape index (κ1) is 37.9. The molecule has 3 aromatic carbocycles. The Morgan fingerprint density at radius 3 is 2.42 bits per heavy atom. The van der Waals surface area contributed by atoms with Crippen molar-refractivity contribution in [1.82, 2.24) is 24.9 Å². The van der Waals surface area contributed by atoms with Crippen LogP contribution in [-0.2, 0) is 40.6 Å². The molecule has 13 nitrogen and oxygen atoms in total. The van der Waals surface area contributed by atoms with Crippen molar-refractivity contribution < 1.29 is 34.2 Å². The van der Waals surface area contributed by atoms with Crippen molar-refractivity contribution in [1.29, 1.82) is 0 Å². The van der Waals surface area contributed by atoms with E-state index in [4.69, 9.17) is 0 Å². The third-order valence-electron chi connectivity index (χ3n) is 11.4. The number of rotatable bonds is 12. The highest BCUT2D eigenvalue weighted by Crippen LogP contribution is 2.35. The molecule has 4 heterocycles. The lowest BCUT2D eigenvalue weighted by molar-refractivity contribution is -0.137. The minimum absolute atomic E-state index is 0.00748. The van der Waals surface area contributed by atoms with Gasteiger partial charge in [-0.3, -0.25) is 34.2 Å². The summed E-state index contributed by atoms with van der Waals surface area (Å²) in [6.07, 6.45) is 3.64. The van der Waals surface area contributed by atoms with Gasteiger partial charge >= 0.3 is 0 Å². The molecule has 0 bridgehead atoms. The zero-order valence-electron chi connectivity index (χ0n) is 31.6. The van der Waals surface area contributed by atoms with Gasteiger partial charge in [0.05, 0.1) is 5.56 Å². The molecule has 0 aliphatic carbocycles. The van der Waals surface area contributed by atoms with Crippen molar-refractivity contribution in [2.45, 2.75) is 90.5 Å². The van der Waals surface area contributed by atoms with E-state index in [0.29, 0.717) is 63.2 Å². The maximum absolute atomic E-state index is 13.4. The molecule has 2 saturated heterocycles. The second kappa shape index (κ2) is 16.1. The number of nitrogens with zero attached hydrogens (tertiary/aromatic N) is 4. The maximum Gasteiger partial charge on any atom is 0.258 e. The van der Waals surface area contributed by atoms with Gasteiger partial charge in [0.1, 0.15) is 17.5 Å². The summed E-state index contributed by atoms with van der Waals surface area (Å²) in [6, 6.07) is 14.1. The Bertz CT molecular complexity index is 2010. The van der Waals surface area contributed by atoms with Gasteiger partial charge in [0.15, 0.2) is 0 Å². The van der Waals surface area contributed by atoms with E-state index >= 15 is 0 Å². The number of nitrogens with one attached hydrogen (secondary N) is 2. The number of anilines is 1. The SMILES string of the molecule is CC(C)c1cc(C(=O)N2Cc3ccc(CN4CCN(C(=O)CCCCCNc5cccc6c5CN(C5CCC(=O)NC5=O)C6=O)CC4)cc3C2)c(O)cc1O. The monoisotopic (exact) mass is 750 g/mol. The molecule has 1 atom stereocenters. The number of hydrogen-bond acceptors (Lipinski definition) is 9. The molecule has 1 unspecified atom stereocenters. The molecular formula is C42H50N6O7. The van der Waals surface area contributed by atoms with Crippen molar-refractivity contribution in [3.63, 3.8) is 0 Å². The van der Waals surface area contributed by atoms with Gasteiger partial charge in [-0.05, 0) is 65.6 Å². The summed E-state index contributed by atoms with van der Waals surface area (Å²) in [4.78, 5) is 71.1. The molecule has 0 radical (unpaired) electrons. The number of piperidine rings is 1. The van der Waals surface area contributed by atoms with Gasteiger partial charge in [0, 0.05) is 94.6 Å². The van der Waals surface area contributed by atoms with Crippen LogP contribution in [0.2, 0.25) is 0 Å². The Hall–Kier alpha value is -5.43. The van der Waals surface area contributed by atoms with Crippen molar-refractivity contribution >= 4 is 35.2 Å². The van der Waals surface area contributed by atoms with Crippen LogP contribution in [0.3, 0.4) is 0 Å². The number of piperazine rings is 1. The number of phenols is 2. The molecule has 0 spiro atoms. The largest absolute Gasteiger partial charge is 0.508 e. The first-order valence-electron chi connectivity index (χ1n) is 19.4. The second-order valence-electron chi connectivity index (χ2n) is 15.5. The molecule has 13 heteroatoms. The smallest absolute Gasteiger partial charge is 0.258 e. The predicted octanol–water partition coefficient (Wildman–Crippen LogP) is 4.45. The fourth-order valence-corrected chi connectivity index (χ4v) is 8.21. The summed E-state index contributed by atoms with van der Waals surface area (Å²) in [5.74, 6) is -1.21. The van der Waals surface area contributed by atoms with Crippen LogP contribution in [0.15, 0.2) is 48.5 Å². The topological polar surface area (TPSA) is 163 Å². The quantitative estimate of drug-likeness (QED) is 0.155. The van der Waals surface area contributed by atoms with Gasteiger partial charge < -0.3 is 30.2 Å². The van der Waals surface area contributed by atoms with Gasteiger partial charge in [-0.2, -0.15) is 0 Å². The van der Waals surface area contributed by atoms with Crippen LogP contribution < -0.4 is 10.6 Å². The number of carbonyl (C=O) groups is 5. The van der Waals surface area contributed by atoms with Gasteiger partial charge in [-0.15, -0.1) is 0 Å². The van der Waals surface area contributed by atoms with E-state index < -0.39 is 11.9 Å². The van der Waals surface area contributed by atoms with Crippen molar-refractivity contribution in [3.8, 4) is 11.5 Å². The van der Waals surface area contributed by atoms with E-state index in [9.17, 15) is 34.2 Å². The molecule has 4 N–H and O–H groups in total. The van der Waals surface area contributed by atoms with Crippen molar-refractivity contribution in [3.05, 3.63) is 87.5 Å². The number of hydrogen-bond donors (Lipinski definition) is 4. The summed E-state index contributed by atoms with van der Waals surface area (Å²) < 4.78 is 0. The van der Waals surface area contributed by atoms with Gasteiger partial charge in [0.25, 0.3) is 11.8 Å². The Morgan fingerprint density at radius 2 is 1.65 bits per heavy atom. The molecular weight excluding hydrogens is 700 g/mol. The van der Waals surface area contributed by atoms with E-state index in [-0.39, 0.29) is 53.0 Å². The van der Waals surface area contributed by atoms with Gasteiger partial charge in [-0.1, -0.05) is 44.5 Å². The maximum atomic E-state index is 13.4. The molecule has 7 rings (SSSR count). The normalized spacial score (nSPS) is 18.5. The number of amides is 5. The predicted molar refractivity (Wildman–Crippen MR) is 205 cm³/mol. The third-order valence-corrected chi connectivity index (χ3v) is 11.4. The lowest BCUT2D eigenvalue weighted by Gasteiger charge is -2.35. The summed E-state index contributed by atoms with van der Waals surface area (Å²) in [7, 11) is 0. The standard InChI is InChI=1S/C42H50N6O7/c1-26(2)31-20-32(37(50)21-36(31)49)41(54)47-23-28-11-10-27(19-29(28)24-47)22-45-15-17-46(18-16-45)39(52)9-4-3-5-14-43-34-8-6-7-30-33(34)25-48(42(30)55)35-12-13-38(51)44-40(35)53/h6-8,10-11,19-21,26,35,43,49-50H,3-5,9,12-18,22-25H2,1-2H3,(H,44,51,53). The average Bonchev–Trinajstić information content (AvgIpc) is 3.74. The van der Waals surface area contributed by atoms with Crippen LogP contribution in [0.5, 0.6) is 11.5 Å². The molecule has 4 aliphatic heterocycles. The van der Waals surface area contributed by atoms with E-state index in [2.05, 4.69) is 33.7 Å². The third kappa shape index (κ3) is 8.17. The van der Waals surface area contributed by atoms with Crippen LogP contribution in [0.4, 0.5) is 5.69 Å². The molecule has 2 fully saturated rings. The van der Waals surface area contributed by atoms with Crippen LogP contribution in [0.25, 0.3) is 0 Å². The molecule has 4 aliphatic rings. The van der Waals surface area contributed by atoms with E-state index in [0.717, 1.165) is 66.8 Å². The first-order valence-corrected chi connectivity index (χ1v) is 19.4. The zero-order valence-corrected chi connectivity index (χ0v) is 31.6. The van der Waals surface area contributed by atoms with Crippen LogP contribution in [0, 0.1) is 0 Å². The lowest BCUT2D eigenvalue weighted by atomic mass is 9.98. The average molecular weight is 751 g/mol.